The third-order valence-corrected chi connectivity index (χ3v) is 2.31. The van der Waals surface area contributed by atoms with Gasteiger partial charge in [0.05, 0.1) is 0 Å². The molecule has 1 aliphatic heterocycles. The Morgan fingerprint density at radius 1 is 1.67 bits per heavy atom. The molecule has 7 heteroatoms. The Balaban J connectivity index is 2.59. The first-order valence-corrected chi connectivity index (χ1v) is 5.67. The SMILES string of the molecule is CC[C@H]1O[C@]1(C#N)/C(N)=N/NC(=O)OC(C)(C)C. The van der Waals surface area contributed by atoms with Crippen LogP contribution in [0.3, 0.4) is 0 Å². The summed E-state index contributed by atoms with van der Waals surface area (Å²) in [6, 6.07) is 1.96. The number of carbonyl (C=O) groups excluding carboxylic acids is 1. The Morgan fingerprint density at radius 3 is 2.67 bits per heavy atom. The predicted octanol–water partition coefficient (Wildman–Crippen LogP) is 0.854. The van der Waals surface area contributed by atoms with Crippen molar-refractivity contribution in [3.63, 3.8) is 0 Å². The number of hydrogen-bond acceptors (Lipinski definition) is 5. The van der Waals surface area contributed by atoms with Gasteiger partial charge in [-0.3, -0.25) is 0 Å². The van der Waals surface area contributed by atoms with E-state index in [0.717, 1.165) is 0 Å². The van der Waals surface area contributed by atoms with Gasteiger partial charge in [-0.2, -0.15) is 10.4 Å². The number of amidine groups is 1. The highest BCUT2D eigenvalue weighted by atomic mass is 16.6. The summed E-state index contributed by atoms with van der Waals surface area (Å²) in [7, 11) is 0. The first-order chi connectivity index (χ1) is 8.25. The number of hydrogen-bond donors (Lipinski definition) is 2. The second-order valence-corrected chi connectivity index (χ2v) is 4.97. The van der Waals surface area contributed by atoms with Crippen LogP contribution in [0.15, 0.2) is 5.10 Å². The fourth-order valence-electron chi connectivity index (χ4n) is 1.43. The van der Waals surface area contributed by atoms with E-state index in [-0.39, 0.29) is 11.9 Å². The molecule has 1 saturated heterocycles. The second kappa shape index (κ2) is 4.82. The van der Waals surface area contributed by atoms with Gasteiger partial charge in [-0.05, 0) is 27.2 Å². The molecule has 18 heavy (non-hydrogen) atoms. The molecule has 0 saturated carbocycles. The van der Waals surface area contributed by atoms with Crippen molar-refractivity contribution in [2.45, 2.75) is 51.4 Å². The maximum atomic E-state index is 11.3. The van der Waals surface area contributed by atoms with Crippen molar-refractivity contribution in [1.29, 1.82) is 5.26 Å². The molecule has 0 bridgehead atoms. The van der Waals surface area contributed by atoms with Crippen molar-refractivity contribution in [1.82, 2.24) is 5.43 Å². The van der Waals surface area contributed by atoms with Crippen LogP contribution in [0.4, 0.5) is 4.79 Å². The molecule has 0 aromatic carbocycles. The summed E-state index contributed by atoms with van der Waals surface area (Å²) < 4.78 is 10.2. The number of carbonyl (C=O) groups is 1. The summed E-state index contributed by atoms with van der Waals surface area (Å²) in [6.45, 7) is 7.06. The molecule has 2 atom stereocenters. The zero-order chi connectivity index (χ0) is 14.0. The fraction of sp³-hybridized carbons (Fsp3) is 0.727. The fourth-order valence-corrected chi connectivity index (χ4v) is 1.43. The number of nitrogens with zero attached hydrogens (tertiary/aromatic N) is 2. The average molecular weight is 254 g/mol. The number of nitrogens with two attached hydrogens (primary N) is 1. The van der Waals surface area contributed by atoms with Gasteiger partial charge >= 0.3 is 6.09 Å². The molecule has 1 amide bonds. The maximum Gasteiger partial charge on any atom is 0.428 e. The number of epoxide rings is 1. The monoisotopic (exact) mass is 254 g/mol. The van der Waals surface area contributed by atoms with Gasteiger partial charge in [-0.15, -0.1) is 0 Å². The third-order valence-electron chi connectivity index (χ3n) is 2.31. The minimum absolute atomic E-state index is 0.0669. The summed E-state index contributed by atoms with van der Waals surface area (Å²) in [5.74, 6) is -0.0669. The minimum atomic E-state index is -1.20. The van der Waals surface area contributed by atoms with Crippen LogP contribution in [-0.4, -0.2) is 29.2 Å². The number of ether oxygens (including phenoxy) is 2. The molecule has 0 aliphatic carbocycles. The van der Waals surface area contributed by atoms with Crippen LogP contribution in [-0.2, 0) is 9.47 Å². The summed E-state index contributed by atoms with van der Waals surface area (Å²) >= 11 is 0. The summed E-state index contributed by atoms with van der Waals surface area (Å²) in [4.78, 5) is 11.3. The van der Waals surface area contributed by atoms with E-state index in [0.29, 0.717) is 6.42 Å². The van der Waals surface area contributed by atoms with Crippen molar-refractivity contribution >= 4 is 11.9 Å². The number of amides is 1. The quantitative estimate of drug-likeness (QED) is 0.335. The molecular formula is C11H18N4O3. The van der Waals surface area contributed by atoms with Crippen molar-refractivity contribution in [3.8, 4) is 6.07 Å². The number of nitrogens with one attached hydrogen (secondary N) is 1. The van der Waals surface area contributed by atoms with E-state index in [2.05, 4.69) is 10.5 Å². The smallest absolute Gasteiger partial charge is 0.428 e. The highest BCUT2D eigenvalue weighted by Gasteiger charge is 2.60. The van der Waals surface area contributed by atoms with Crippen LogP contribution in [0.5, 0.6) is 0 Å². The molecule has 7 nitrogen and oxygen atoms in total. The van der Waals surface area contributed by atoms with Crippen LogP contribution >= 0.6 is 0 Å². The zero-order valence-corrected chi connectivity index (χ0v) is 11.0. The van der Waals surface area contributed by atoms with Gasteiger partial charge in [0.2, 0.25) is 5.60 Å². The van der Waals surface area contributed by atoms with Gasteiger partial charge in [-0.25, -0.2) is 10.2 Å². The van der Waals surface area contributed by atoms with E-state index in [9.17, 15) is 4.79 Å². The largest absolute Gasteiger partial charge is 0.443 e. The van der Waals surface area contributed by atoms with Crippen molar-refractivity contribution in [2.24, 2.45) is 10.8 Å². The van der Waals surface area contributed by atoms with Gasteiger partial charge in [0.15, 0.2) is 5.84 Å². The molecule has 0 spiro atoms. The molecule has 0 aromatic rings. The molecule has 0 unspecified atom stereocenters. The Bertz CT molecular complexity index is 407. The highest BCUT2D eigenvalue weighted by Crippen LogP contribution is 2.38. The summed E-state index contributed by atoms with van der Waals surface area (Å²) in [6.07, 6.45) is -0.352. The van der Waals surface area contributed by atoms with E-state index in [1.54, 1.807) is 20.8 Å². The Hall–Kier alpha value is -1.81. The lowest BCUT2D eigenvalue weighted by Crippen LogP contribution is -2.37. The molecule has 1 fully saturated rings. The standard InChI is InChI=1S/C11H18N4O3/c1-5-7-11(6-12,17-7)8(13)14-15-9(16)18-10(2,3)4/h7H,5H2,1-4H3,(H2,13,14)(H,15,16)/t7-,11+/m1/s1. The molecule has 100 valence electrons. The predicted molar refractivity (Wildman–Crippen MR) is 64.5 cm³/mol. The maximum absolute atomic E-state index is 11.3. The molecule has 1 aliphatic rings. The zero-order valence-electron chi connectivity index (χ0n) is 11.0. The first-order valence-electron chi connectivity index (χ1n) is 5.67. The van der Waals surface area contributed by atoms with Gasteiger partial charge in [-0.1, -0.05) is 6.92 Å². The highest BCUT2D eigenvalue weighted by molar-refractivity contribution is 5.95. The lowest BCUT2D eigenvalue weighted by atomic mass is 10.0. The average Bonchev–Trinajstić information content (AvgIpc) is 2.98. The first kappa shape index (κ1) is 14.3. The van der Waals surface area contributed by atoms with Gasteiger partial charge in [0.1, 0.15) is 17.8 Å². The van der Waals surface area contributed by atoms with Crippen LogP contribution in [0.2, 0.25) is 0 Å². The third kappa shape index (κ3) is 3.11. The number of nitriles is 1. The van der Waals surface area contributed by atoms with Gasteiger partial charge in [0.25, 0.3) is 0 Å². The molecule has 3 N–H and O–H groups in total. The van der Waals surface area contributed by atoms with Gasteiger partial charge < -0.3 is 15.2 Å². The minimum Gasteiger partial charge on any atom is -0.443 e. The van der Waals surface area contributed by atoms with E-state index in [4.69, 9.17) is 20.5 Å². The Kier molecular flexibility index (Phi) is 3.82. The van der Waals surface area contributed by atoms with Crippen LogP contribution in [0.25, 0.3) is 0 Å². The lowest BCUT2D eigenvalue weighted by Gasteiger charge is -2.18. The molecule has 0 radical (unpaired) electrons. The van der Waals surface area contributed by atoms with Crippen LogP contribution in [0.1, 0.15) is 34.1 Å². The topological polar surface area (TPSA) is 113 Å². The second-order valence-electron chi connectivity index (χ2n) is 4.97. The van der Waals surface area contributed by atoms with E-state index < -0.39 is 17.3 Å². The van der Waals surface area contributed by atoms with E-state index in [1.165, 1.54) is 0 Å². The summed E-state index contributed by atoms with van der Waals surface area (Å²) in [5.41, 5.74) is 5.94. The Labute approximate surface area is 106 Å². The van der Waals surface area contributed by atoms with Gasteiger partial charge in [0, 0.05) is 0 Å². The van der Waals surface area contributed by atoms with E-state index in [1.807, 2.05) is 13.0 Å². The van der Waals surface area contributed by atoms with Crippen molar-refractivity contribution < 1.29 is 14.3 Å². The lowest BCUT2D eigenvalue weighted by molar-refractivity contribution is 0.0529. The van der Waals surface area contributed by atoms with Crippen molar-refractivity contribution in [3.05, 3.63) is 0 Å². The van der Waals surface area contributed by atoms with E-state index >= 15 is 0 Å². The summed E-state index contributed by atoms with van der Waals surface area (Å²) in [5, 5.41) is 12.6. The molecular weight excluding hydrogens is 236 g/mol. The number of rotatable bonds is 3. The van der Waals surface area contributed by atoms with Crippen molar-refractivity contribution in [2.75, 3.05) is 0 Å². The molecule has 1 rings (SSSR count). The normalized spacial score (nSPS) is 27.3. The van der Waals surface area contributed by atoms with Crippen LogP contribution in [0, 0.1) is 11.3 Å². The molecule has 1 heterocycles. The Morgan fingerprint density at radius 2 is 2.28 bits per heavy atom. The number of hydrazone groups is 1. The molecule has 0 aromatic heterocycles. The van der Waals surface area contributed by atoms with Crippen LogP contribution < -0.4 is 11.2 Å².